The van der Waals surface area contributed by atoms with E-state index in [0.29, 0.717) is 16.7 Å². The van der Waals surface area contributed by atoms with Gasteiger partial charge in [-0.3, -0.25) is 9.36 Å². The van der Waals surface area contributed by atoms with Crippen LogP contribution in [-0.4, -0.2) is 21.2 Å². The second-order valence-corrected chi connectivity index (χ2v) is 8.30. The summed E-state index contributed by atoms with van der Waals surface area (Å²) in [7, 11) is 0. The Balaban J connectivity index is 2.30. The molecule has 0 aliphatic rings. The summed E-state index contributed by atoms with van der Waals surface area (Å²) in [6, 6.07) is 4.01. The highest BCUT2D eigenvalue weighted by atomic mass is 19.4. The molecule has 0 unspecified atom stereocenters. The number of aromatic nitrogens is 2. The van der Waals surface area contributed by atoms with Gasteiger partial charge in [0.25, 0.3) is 5.56 Å². The first-order chi connectivity index (χ1) is 15.2. The molecular weight excluding hydrogens is 449 g/mol. The van der Waals surface area contributed by atoms with Gasteiger partial charge in [0.2, 0.25) is 0 Å². The molecule has 0 radical (unpaired) electrons. The quantitative estimate of drug-likeness (QED) is 0.531. The third-order valence-corrected chi connectivity index (χ3v) is 4.45. The zero-order chi connectivity index (χ0) is 24.7. The van der Waals surface area contributed by atoms with Gasteiger partial charge in [0.05, 0.1) is 28.2 Å². The highest BCUT2D eigenvalue weighted by Crippen LogP contribution is 2.33. The highest BCUT2D eigenvalue weighted by molar-refractivity contribution is 5.82. The number of halogens is 5. The molecule has 1 heterocycles. The minimum atomic E-state index is -4.88. The molecule has 0 aliphatic heterocycles. The molecule has 6 nitrogen and oxygen atoms in total. The van der Waals surface area contributed by atoms with Gasteiger partial charge in [-0.25, -0.2) is 18.6 Å². The van der Waals surface area contributed by atoms with E-state index in [2.05, 4.69) is 10.3 Å². The van der Waals surface area contributed by atoms with Crippen molar-refractivity contribution in [2.24, 2.45) is 0 Å². The van der Waals surface area contributed by atoms with E-state index in [9.17, 15) is 31.5 Å². The van der Waals surface area contributed by atoms with Gasteiger partial charge < -0.3 is 10.1 Å². The zero-order valence-corrected chi connectivity index (χ0v) is 18.1. The Morgan fingerprint density at radius 3 is 2.24 bits per heavy atom. The van der Waals surface area contributed by atoms with Crippen LogP contribution in [0.4, 0.5) is 26.7 Å². The fourth-order valence-electron chi connectivity index (χ4n) is 3.24. The van der Waals surface area contributed by atoms with E-state index in [1.165, 1.54) is 13.0 Å². The summed E-state index contributed by atoms with van der Waals surface area (Å²) in [6.45, 7) is 6.26. The maximum Gasteiger partial charge on any atom is 0.417 e. The van der Waals surface area contributed by atoms with Crippen LogP contribution in [0.3, 0.4) is 0 Å². The lowest BCUT2D eigenvalue weighted by Gasteiger charge is -2.23. The van der Waals surface area contributed by atoms with E-state index in [1.807, 2.05) is 0 Å². The van der Waals surface area contributed by atoms with E-state index in [-0.39, 0.29) is 11.3 Å². The van der Waals surface area contributed by atoms with Gasteiger partial charge in [-0.05, 0) is 52.0 Å². The normalized spacial score (nSPS) is 13.1. The number of alkyl halides is 3. The summed E-state index contributed by atoms with van der Waals surface area (Å²) in [5.41, 5.74) is -3.99. The van der Waals surface area contributed by atoms with Crippen LogP contribution in [0, 0.1) is 11.6 Å². The van der Waals surface area contributed by atoms with Crippen molar-refractivity contribution in [2.75, 3.05) is 0 Å². The predicted molar refractivity (Wildman–Crippen MR) is 110 cm³/mol. The highest BCUT2D eigenvalue weighted by Gasteiger charge is 2.35. The van der Waals surface area contributed by atoms with Gasteiger partial charge in [-0.15, -0.1) is 0 Å². The van der Waals surface area contributed by atoms with Crippen molar-refractivity contribution < 1.29 is 31.5 Å². The third-order valence-electron chi connectivity index (χ3n) is 4.45. The average Bonchev–Trinajstić information content (AvgIpc) is 2.64. The first kappa shape index (κ1) is 24.1. The molecule has 1 amide bonds. The van der Waals surface area contributed by atoms with E-state index in [0.717, 1.165) is 18.2 Å². The first-order valence-corrected chi connectivity index (χ1v) is 9.76. The second kappa shape index (κ2) is 8.45. The topological polar surface area (TPSA) is 73.2 Å². The number of amides is 1. The Morgan fingerprint density at radius 2 is 1.70 bits per heavy atom. The van der Waals surface area contributed by atoms with Crippen LogP contribution in [0.1, 0.15) is 45.1 Å². The van der Waals surface area contributed by atoms with Crippen molar-refractivity contribution in [2.45, 2.75) is 45.5 Å². The predicted octanol–water partition coefficient (Wildman–Crippen LogP) is 5.27. The minimum Gasteiger partial charge on any atom is -0.444 e. The molecule has 1 aromatic heterocycles. The van der Waals surface area contributed by atoms with Crippen LogP contribution >= 0.6 is 0 Å². The fraction of sp³-hybridized carbons (Fsp3) is 0.318. The largest absolute Gasteiger partial charge is 0.444 e. The summed E-state index contributed by atoms with van der Waals surface area (Å²) in [5, 5.41) is 1.66. The molecule has 33 heavy (non-hydrogen) atoms. The first-order valence-electron chi connectivity index (χ1n) is 9.76. The van der Waals surface area contributed by atoms with Crippen LogP contribution in [0.15, 0.2) is 41.2 Å². The molecular formula is C22H20F5N3O3. The van der Waals surface area contributed by atoms with Gasteiger partial charge in [-0.2, -0.15) is 13.2 Å². The van der Waals surface area contributed by atoms with Crippen LogP contribution in [0.25, 0.3) is 16.6 Å². The molecule has 0 saturated heterocycles. The Hall–Kier alpha value is -3.50. The minimum absolute atomic E-state index is 0.248. The van der Waals surface area contributed by atoms with Crippen molar-refractivity contribution >= 4 is 17.0 Å². The summed E-state index contributed by atoms with van der Waals surface area (Å²) >= 11 is 0. The van der Waals surface area contributed by atoms with Crippen molar-refractivity contribution in [1.82, 2.24) is 14.9 Å². The lowest BCUT2D eigenvalue weighted by Crippen LogP contribution is -2.37. The number of rotatable bonds is 3. The number of hydrogen-bond acceptors (Lipinski definition) is 4. The number of nitrogens with one attached hydrogen (secondary N) is 1. The molecule has 3 rings (SSSR count). The number of nitrogens with zero attached hydrogens (tertiary/aromatic N) is 2. The lowest BCUT2D eigenvalue weighted by molar-refractivity contribution is -0.136. The van der Waals surface area contributed by atoms with Gasteiger partial charge in [0, 0.05) is 6.07 Å². The Morgan fingerprint density at radius 1 is 1.09 bits per heavy atom. The summed E-state index contributed by atoms with van der Waals surface area (Å²) in [6.07, 6.45) is -5.77. The number of ether oxygens (including phenoxy) is 1. The Kier molecular flexibility index (Phi) is 6.18. The van der Waals surface area contributed by atoms with Crippen molar-refractivity contribution in [3.8, 4) is 5.69 Å². The molecule has 11 heteroatoms. The second-order valence-electron chi connectivity index (χ2n) is 8.30. The Bertz CT molecular complexity index is 1260. The van der Waals surface area contributed by atoms with Crippen LogP contribution < -0.4 is 10.9 Å². The summed E-state index contributed by atoms with van der Waals surface area (Å²) in [5.74, 6) is -2.36. The maximum absolute atomic E-state index is 13.9. The number of benzene rings is 2. The number of carbonyl (C=O) groups excluding carboxylic acids is 1. The average molecular weight is 469 g/mol. The number of hydrogen-bond donors (Lipinski definition) is 1. The van der Waals surface area contributed by atoms with Gasteiger partial charge >= 0.3 is 12.3 Å². The molecule has 0 fully saturated rings. The summed E-state index contributed by atoms with van der Waals surface area (Å²) in [4.78, 5) is 29.7. The van der Waals surface area contributed by atoms with Crippen molar-refractivity contribution in [3.63, 3.8) is 0 Å². The third kappa shape index (κ3) is 5.29. The monoisotopic (exact) mass is 469 g/mol. The maximum atomic E-state index is 13.9. The van der Waals surface area contributed by atoms with Gasteiger partial charge in [0.15, 0.2) is 0 Å². The van der Waals surface area contributed by atoms with E-state index in [1.54, 1.807) is 20.8 Å². The number of fused-ring (bicyclic) bond motifs is 1. The smallest absolute Gasteiger partial charge is 0.417 e. The van der Waals surface area contributed by atoms with Gasteiger partial charge in [-0.1, -0.05) is 6.07 Å². The van der Waals surface area contributed by atoms with E-state index < -0.39 is 57.7 Å². The molecule has 0 spiro atoms. The van der Waals surface area contributed by atoms with E-state index in [4.69, 9.17) is 4.74 Å². The standard InChI is InChI=1S/C22H20F5N3O3/c1-11(28-20(32)33-21(2,3)4)18-29-16-7-5-6-15(22(25,26)27)17(16)19(31)30(18)14-9-12(23)8-13(24)10-14/h5-11H,1-4H3,(H,28,32)/t11-/m0/s1. The molecule has 0 bridgehead atoms. The molecule has 0 aliphatic carbocycles. The van der Waals surface area contributed by atoms with Crippen LogP contribution in [0.2, 0.25) is 0 Å². The van der Waals surface area contributed by atoms with Crippen molar-refractivity contribution in [3.05, 3.63) is 69.8 Å². The van der Waals surface area contributed by atoms with Crippen LogP contribution in [0.5, 0.6) is 0 Å². The molecule has 2 aromatic carbocycles. The van der Waals surface area contributed by atoms with Crippen molar-refractivity contribution in [1.29, 1.82) is 0 Å². The molecule has 1 N–H and O–H groups in total. The zero-order valence-electron chi connectivity index (χ0n) is 18.1. The molecule has 3 aromatic rings. The molecule has 0 saturated carbocycles. The van der Waals surface area contributed by atoms with Gasteiger partial charge in [0.1, 0.15) is 23.1 Å². The summed E-state index contributed by atoms with van der Waals surface area (Å²) < 4.78 is 74.4. The molecule has 176 valence electrons. The lowest BCUT2D eigenvalue weighted by atomic mass is 10.1. The van der Waals surface area contributed by atoms with Crippen LogP contribution in [-0.2, 0) is 10.9 Å². The number of alkyl carbamates (subject to hydrolysis) is 1. The molecule has 1 atom stereocenters. The SMILES string of the molecule is C[C@H](NC(=O)OC(C)(C)C)c1nc2cccc(C(F)(F)F)c2c(=O)n1-c1cc(F)cc(F)c1. The number of carbonyl (C=O) groups is 1. The Labute approximate surface area is 185 Å². The van der Waals surface area contributed by atoms with E-state index >= 15 is 0 Å². The fourth-order valence-corrected chi connectivity index (χ4v) is 3.24.